The molecule has 0 saturated heterocycles. The lowest BCUT2D eigenvalue weighted by molar-refractivity contribution is 0.596. The molecule has 0 heterocycles. The highest BCUT2D eigenvalue weighted by Gasteiger charge is 2.18. The van der Waals surface area contributed by atoms with E-state index in [1.807, 2.05) is 0 Å². The summed E-state index contributed by atoms with van der Waals surface area (Å²) in [6, 6.07) is 12.6. The van der Waals surface area contributed by atoms with Gasteiger partial charge in [-0.3, -0.25) is 11.7 Å². The smallest absolute Gasteiger partial charge is 0.206 e. The first-order chi connectivity index (χ1) is 9.07. The average Bonchev–Trinajstić information content (AvgIpc) is 2.47. The highest BCUT2D eigenvalue weighted by Crippen LogP contribution is 2.24. The van der Waals surface area contributed by atoms with Crippen LogP contribution in [0.15, 0.2) is 58.3 Å². The molecule has 0 unspecified atom stereocenters. The molecule has 0 spiro atoms. The van der Waals surface area contributed by atoms with Gasteiger partial charge in [0.15, 0.2) is 0 Å². The number of nitrogen functional groups attached to an aromatic ring is 2. The second-order valence-electron chi connectivity index (χ2n) is 3.85. The second-order valence-corrected chi connectivity index (χ2v) is 5.80. The predicted molar refractivity (Wildman–Crippen MR) is 74.0 cm³/mol. The molecule has 2 rings (SSSR count). The van der Waals surface area contributed by atoms with Gasteiger partial charge in [-0.05, 0) is 36.4 Å². The molecule has 0 aliphatic carbocycles. The average molecular weight is 278 g/mol. The van der Waals surface area contributed by atoms with E-state index in [0.717, 1.165) is 0 Å². The molecule has 0 aliphatic heterocycles. The summed E-state index contributed by atoms with van der Waals surface area (Å²) < 4.78 is 24.9. The monoisotopic (exact) mass is 278 g/mol. The van der Waals surface area contributed by atoms with Gasteiger partial charge < -0.3 is 10.9 Å². The molecular formula is C12H14N4O2S. The quantitative estimate of drug-likeness (QED) is 0.492. The Balaban J connectivity index is 2.51. The standard InChI is InChI=1S/C12H14N4O2S/c13-15-9-3-1-5-11(7-9)19(17,18)12-6-2-4-10(8-12)16-14/h1-8,15-16H,13-14H2. The Morgan fingerprint density at radius 1 is 0.789 bits per heavy atom. The summed E-state index contributed by atoms with van der Waals surface area (Å²) in [5, 5.41) is 0. The van der Waals surface area contributed by atoms with E-state index >= 15 is 0 Å². The van der Waals surface area contributed by atoms with Gasteiger partial charge in [-0.1, -0.05) is 12.1 Å². The van der Waals surface area contributed by atoms with Crippen LogP contribution >= 0.6 is 0 Å². The minimum Gasteiger partial charge on any atom is -0.324 e. The number of anilines is 2. The normalized spacial score (nSPS) is 11.1. The lowest BCUT2D eigenvalue weighted by atomic mass is 10.3. The first-order valence-electron chi connectivity index (χ1n) is 5.46. The van der Waals surface area contributed by atoms with E-state index in [1.165, 1.54) is 24.3 Å². The number of sulfone groups is 1. The molecule has 0 atom stereocenters. The summed E-state index contributed by atoms with van der Waals surface area (Å²) in [5.41, 5.74) is 5.88. The van der Waals surface area contributed by atoms with Crippen molar-refractivity contribution in [3.63, 3.8) is 0 Å². The first-order valence-corrected chi connectivity index (χ1v) is 6.94. The van der Waals surface area contributed by atoms with Gasteiger partial charge in [-0.25, -0.2) is 8.42 Å². The maximum absolute atomic E-state index is 12.4. The lowest BCUT2D eigenvalue weighted by Gasteiger charge is -2.08. The highest BCUT2D eigenvalue weighted by molar-refractivity contribution is 7.91. The van der Waals surface area contributed by atoms with Crippen LogP contribution < -0.4 is 22.5 Å². The zero-order valence-corrected chi connectivity index (χ0v) is 10.8. The van der Waals surface area contributed by atoms with Crippen LogP contribution in [0, 0.1) is 0 Å². The molecule has 19 heavy (non-hydrogen) atoms. The Hall–Kier alpha value is -2.09. The van der Waals surface area contributed by atoms with Crippen molar-refractivity contribution in [1.82, 2.24) is 0 Å². The number of rotatable bonds is 4. The maximum atomic E-state index is 12.4. The summed E-state index contributed by atoms with van der Waals surface area (Å²) in [7, 11) is -3.60. The highest BCUT2D eigenvalue weighted by atomic mass is 32.2. The molecule has 0 saturated carbocycles. The lowest BCUT2D eigenvalue weighted by Crippen LogP contribution is -2.09. The van der Waals surface area contributed by atoms with E-state index in [-0.39, 0.29) is 9.79 Å². The molecule has 6 N–H and O–H groups in total. The van der Waals surface area contributed by atoms with Gasteiger partial charge in [0.05, 0.1) is 9.79 Å². The van der Waals surface area contributed by atoms with Gasteiger partial charge in [-0.15, -0.1) is 0 Å². The van der Waals surface area contributed by atoms with Crippen molar-refractivity contribution in [3.05, 3.63) is 48.5 Å². The number of hydrogen-bond donors (Lipinski definition) is 4. The van der Waals surface area contributed by atoms with Gasteiger partial charge in [0, 0.05) is 11.4 Å². The third kappa shape index (κ3) is 2.68. The van der Waals surface area contributed by atoms with Crippen LogP contribution in [0.3, 0.4) is 0 Å². The summed E-state index contributed by atoms with van der Waals surface area (Å²) in [6.07, 6.45) is 0. The molecule has 0 amide bonds. The van der Waals surface area contributed by atoms with Gasteiger partial charge >= 0.3 is 0 Å². The Bertz CT molecular complexity index is 632. The van der Waals surface area contributed by atoms with Crippen LogP contribution in [0.2, 0.25) is 0 Å². The van der Waals surface area contributed by atoms with Crippen LogP contribution in [0.4, 0.5) is 11.4 Å². The van der Waals surface area contributed by atoms with Crippen LogP contribution in [-0.4, -0.2) is 8.42 Å². The number of nitrogens with one attached hydrogen (secondary N) is 2. The largest absolute Gasteiger partial charge is 0.324 e. The van der Waals surface area contributed by atoms with Crippen molar-refractivity contribution < 1.29 is 8.42 Å². The van der Waals surface area contributed by atoms with Crippen molar-refractivity contribution in [1.29, 1.82) is 0 Å². The van der Waals surface area contributed by atoms with Crippen molar-refractivity contribution in [3.8, 4) is 0 Å². The van der Waals surface area contributed by atoms with E-state index in [0.29, 0.717) is 11.4 Å². The van der Waals surface area contributed by atoms with Crippen molar-refractivity contribution in [2.45, 2.75) is 9.79 Å². The maximum Gasteiger partial charge on any atom is 0.206 e. The van der Waals surface area contributed by atoms with Crippen molar-refractivity contribution in [2.24, 2.45) is 11.7 Å². The number of benzene rings is 2. The summed E-state index contributed by atoms with van der Waals surface area (Å²) >= 11 is 0. The van der Waals surface area contributed by atoms with Crippen LogP contribution in [0.1, 0.15) is 0 Å². The molecular weight excluding hydrogens is 264 g/mol. The van der Waals surface area contributed by atoms with Crippen LogP contribution in [-0.2, 0) is 9.84 Å². The predicted octanol–water partition coefficient (Wildman–Crippen LogP) is 1.09. The van der Waals surface area contributed by atoms with E-state index < -0.39 is 9.84 Å². The van der Waals surface area contributed by atoms with Gasteiger partial charge in [-0.2, -0.15) is 0 Å². The molecule has 2 aromatic carbocycles. The van der Waals surface area contributed by atoms with Gasteiger partial charge in [0.1, 0.15) is 0 Å². The van der Waals surface area contributed by atoms with E-state index in [2.05, 4.69) is 10.9 Å². The topological polar surface area (TPSA) is 110 Å². The molecule has 7 heteroatoms. The molecule has 0 aromatic heterocycles. The molecule has 6 nitrogen and oxygen atoms in total. The number of nitrogens with two attached hydrogens (primary N) is 2. The zero-order chi connectivity index (χ0) is 13.9. The SMILES string of the molecule is NNc1cccc(S(=O)(=O)c2cccc(NN)c2)c1. The number of hydrazine groups is 2. The molecule has 0 fully saturated rings. The Morgan fingerprint density at radius 2 is 1.21 bits per heavy atom. The Morgan fingerprint density at radius 3 is 1.58 bits per heavy atom. The van der Waals surface area contributed by atoms with Gasteiger partial charge in [0.2, 0.25) is 9.84 Å². The van der Waals surface area contributed by atoms with E-state index in [9.17, 15) is 8.42 Å². The minimum atomic E-state index is -3.60. The first kappa shape index (κ1) is 13.3. The van der Waals surface area contributed by atoms with Crippen molar-refractivity contribution in [2.75, 3.05) is 10.9 Å². The third-order valence-corrected chi connectivity index (χ3v) is 4.37. The molecule has 0 radical (unpaired) electrons. The molecule has 100 valence electrons. The van der Waals surface area contributed by atoms with Crippen LogP contribution in [0.25, 0.3) is 0 Å². The fourth-order valence-electron chi connectivity index (χ4n) is 1.64. The molecule has 0 aliphatic rings. The van der Waals surface area contributed by atoms with E-state index in [1.54, 1.807) is 24.3 Å². The Labute approximate surface area is 111 Å². The van der Waals surface area contributed by atoms with Crippen LogP contribution in [0.5, 0.6) is 0 Å². The minimum absolute atomic E-state index is 0.164. The number of hydrogen-bond acceptors (Lipinski definition) is 6. The fourth-order valence-corrected chi connectivity index (χ4v) is 2.99. The van der Waals surface area contributed by atoms with Crippen molar-refractivity contribution >= 4 is 21.2 Å². The van der Waals surface area contributed by atoms with Gasteiger partial charge in [0.25, 0.3) is 0 Å². The summed E-state index contributed by atoms with van der Waals surface area (Å²) in [4.78, 5) is 0.328. The second kappa shape index (κ2) is 5.27. The van der Waals surface area contributed by atoms with E-state index in [4.69, 9.17) is 11.7 Å². The zero-order valence-electron chi connectivity index (χ0n) is 10.00. The third-order valence-electron chi connectivity index (χ3n) is 2.62. The fraction of sp³-hybridized carbons (Fsp3) is 0. The summed E-state index contributed by atoms with van der Waals surface area (Å²) in [5.74, 6) is 10.5. The molecule has 0 bridgehead atoms. The Kier molecular flexibility index (Phi) is 3.70. The summed E-state index contributed by atoms with van der Waals surface area (Å²) in [6.45, 7) is 0. The molecule has 2 aromatic rings.